The molecule has 0 radical (unpaired) electrons. The third-order valence-corrected chi connectivity index (χ3v) is 5.36. The van der Waals surface area contributed by atoms with Crippen LogP contribution in [0.1, 0.15) is 39.5 Å². The number of nitrogens with one attached hydrogen (secondary N) is 1. The fourth-order valence-corrected chi connectivity index (χ4v) is 4.39. The molecule has 0 aromatic heterocycles. The Bertz CT molecular complexity index is 288. The van der Waals surface area contributed by atoms with Gasteiger partial charge in [-0.1, -0.05) is 20.3 Å². The van der Waals surface area contributed by atoms with Crippen LogP contribution in [0.4, 0.5) is 0 Å². The summed E-state index contributed by atoms with van der Waals surface area (Å²) in [6, 6.07) is -0.0877. The van der Waals surface area contributed by atoms with Gasteiger partial charge in [0.2, 0.25) is 0 Å². The van der Waals surface area contributed by atoms with Crippen molar-refractivity contribution in [2.45, 2.75) is 50.8 Å². The second-order valence-corrected chi connectivity index (χ2v) is 7.14. The molecule has 0 saturated carbocycles. The van der Waals surface area contributed by atoms with Gasteiger partial charge in [-0.15, -0.1) is 0 Å². The van der Waals surface area contributed by atoms with Gasteiger partial charge in [-0.05, 0) is 25.2 Å². The van der Waals surface area contributed by atoms with Crippen molar-refractivity contribution >= 4 is 9.84 Å². The molecular formula is C10H22N2O2S. The zero-order valence-electron chi connectivity index (χ0n) is 9.57. The molecule has 1 rings (SSSR count). The number of rotatable bonds is 4. The quantitative estimate of drug-likeness (QED) is 0.558. The molecule has 15 heavy (non-hydrogen) atoms. The van der Waals surface area contributed by atoms with Gasteiger partial charge in [0, 0.05) is 6.04 Å². The van der Waals surface area contributed by atoms with E-state index in [0.29, 0.717) is 11.7 Å². The van der Waals surface area contributed by atoms with Crippen molar-refractivity contribution in [3.05, 3.63) is 0 Å². The highest BCUT2D eigenvalue weighted by atomic mass is 32.2. The first-order valence-electron chi connectivity index (χ1n) is 5.65. The van der Waals surface area contributed by atoms with Crippen LogP contribution in [0.5, 0.6) is 0 Å². The molecule has 1 saturated heterocycles. The summed E-state index contributed by atoms with van der Waals surface area (Å²) in [5, 5.41) is -0.279. The van der Waals surface area contributed by atoms with Gasteiger partial charge in [0.05, 0.1) is 11.0 Å². The number of hydrogen-bond donors (Lipinski definition) is 2. The first kappa shape index (κ1) is 12.9. The molecule has 0 aromatic carbocycles. The summed E-state index contributed by atoms with van der Waals surface area (Å²) in [5.74, 6) is 6.25. The van der Waals surface area contributed by atoms with Crippen molar-refractivity contribution in [3.8, 4) is 0 Å². The van der Waals surface area contributed by atoms with Crippen LogP contribution in [0, 0.1) is 5.92 Å². The van der Waals surface area contributed by atoms with Crippen LogP contribution in [0.15, 0.2) is 0 Å². The summed E-state index contributed by atoms with van der Waals surface area (Å²) in [6.45, 7) is 4.17. The van der Waals surface area contributed by atoms with Crippen LogP contribution in [0.3, 0.4) is 0 Å². The molecule has 2 atom stereocenters. The smallest absolute Gasteiger partial charge is 0.154 e. The van der Waals surface area contributed by atoms with Crippen LogP contribution in [-0.4, -0.2) is 25.5 Å². The lowest BCUT2D eigenvalue weighted by Crippen LogP contribution is -2.50. The van der Waals surface area contributed by atoms with Gasteiger partial charge in [0.1, 0.15) is 0 Å². The Hall–Kier alpha value is -0.130. The lowest BCUT2D eigenvalue weighted by molar-refractivity contribution is 0.382. The van der Waals surface area contributed by atoms with Crippen molar-refractivity contribution in [3.63, 3.8) is 0 Å². The normalized spacial score (nSPS) is 27.9. The predicted molar refractivity (Wildman–Crippen MR) is 62.0 cm³/mol. The van der Waals surface area contributed by atoms with E-state index in [9.17, 15) is 8.42 Å². The van der Waals surface area contributed by atoms with E-state index in [2.05, 4.69) is 19.3 Å². The maximum atomic E-state index is 11.9. The van der Waals surface area contributed by atoms with E-state index in [0.717, 1.165) is 25.7 Å². The van der Waals surface area contributed by atoms with E-state index in [4.69, 9.17) is 5.84 Å². The average molecular weight is 234 g/mol. The molecule has 1 aliphatic heterocycles. The lowest BCUT2D eigenvalue weighted by Gasteiger charge is -2.30. The Balaban J connectivity index is 2.73. The fourth-order valence-electron chi connectivity index (χ4n) is 2.27. The second kappa shape index (κ2) is 5.27. The number of sulfone groups is 1. The Morgan fingerprint density at radius 1 is 1.40 bits per heavy atom. The maximum Gasteiger partial charge on any atom is 0.154 e. The predicted octanol–water partition coefficient (Wildman–Crippen LogP) is 0.832. The van der Waals surface area contributed by atoms with Crippen LogP contribution in [0.25, 0.3) is 0 Å². The first-order chi connectivity index (χ1) is 6.97. The first-order valence-corrected chi connectivity index (χ1v) is 7.36. The van der Waals surface area contributed by atoms with E-state index in [-0.39, 0.29) is 11.3 Å². The molecule has 0 amide bonds. The molecule has 0 bridgehead atoms. The van der Waals surface area contributed by atoms with Gasteiger partial charge in [-0.3, -0.25) is 11.3 Å². The lowest BCUT2D eigenvalue weighted by atomic mass is 9.98. The highest BCUT2D eigenvalue weighted by Crippen LogP contribution is 2.24. The van der Waals surface area contributed by atoms with E-state index in [1.165, 1.54) is 0 Å². The maximum absolute atomic E-state index is 11.9. The molecule has 0 aliphatic carbocycles. The van der Waals surface area contributed by atoms with Crippen LogP contribution < -0.4 is 11.3 Å². The third-order valence-electron chi connectivity index (χ3n) is 3.02. The van der Waals surface area contributed by atoms with E-state index < -0.39 is 9.84 Å². The van der Waals surface area contributed by atoms with Gasteiger partial charge < -0.3 is 0 Å². The second-order valence-electron chi connectivity index (χ2n) is 4.80. The standard InChI is InChI=1S/C10H22N2O2S/c1-8(2)7-9(12-11)10-5-3-4-6-15(10,13)14/h8-10,12H,3-7,11H2,1-2H3. The Labute approximate surface area is 92.5 Å². The molecule has 0 aromatic rings. The Morgan fingerprint density at radius 2 is 2.07 bits per heavy atom. The molecule has 5 heteroatoms. The largest absolute Gasteiger partial charge is 0.271 e. The molecule has 1 heterocycles. The van der Waals surface area contributed by atoms with Gasteiger partial charge in [0.15, 0.2) is 9.84 Å². The minimum Gasteiger partial charge on any atom is -0.271 e. The molecule has 90 valence electrons. The van der Waals surface area contributed by atoms with Crippen LogP contribution >= 0.6 is 0 Å². The molecule has 1 aliphatic rings. The molecule has 2 unspecified atom stereocenters. The zero-order valence-corrected chi connectivity index (χ0v) is 10.4. The molecular weight excluding hydrogens is 212 g/mol. The summed E-state index contributed by atoms with van der Waals surface area (Å²) in [5.41, 5.74) is 2.68. The van der Waals surface area contributed by atoms with Crippen molar-refractivity contribution in [1.29, 1.82) is 0 Å². The van der Waals surface area contributed by atoms with Gasteiger partial charge >= 0.3 is 0 Å². The molecule has 4 nitrogen and oxygen atoms in total. The SMILES string of the molecule is CC(C)CC(NN)C1CCCCS1(=O)=O. The average Bonchev–Trinajstić information content (AvgIpc) is 2.14. The summed E-state index contributed by atoms with van der Waals surface area (Å²) in [6.07, 6.45) is 3.38. The zero-order chi connectivity index (χ0) is 11.5. The monoisotopic (exact) mass is 234 g/mol. The molecule has 0 spiro atoms. The van der Waals surface area contributed by atoms with E-state index >= 15 is 0 Å². The minimum absolute atomic E-state index is 0.0877. The van der Waals surface area contributed by atoms with Gasteiger partial charge in [0.25, 0.3) is 0 Å². The fraction of sp³-hybridized carbons (Fsp3) is 1.00. The summed E-state index contributed by atoms with van der Waals surface area (Å²) in [7, 11) is -2.92. The van der Waals surface area contributed by atoms with Crippen molar-refractivity contribution in [2.24, 2.45) is 11.8 Å². The number of hydrazine groups is 1. The summed E-state index contributed by atoms with van der Waals surface area (Å²) < 4.78 is 23.7. The summed E-state index contributed by atoms with van der Waals surface area (Å²) >= 11 is 0. The van der Waals surface area contributed by atoms with E-state index in [1.807, 2.05) is 0 Å². The highest BCUT2D eigenvalue weighted by molar-refractivity contribution is 7.92. The summed E-state index contributed by atoms with van der Waals surface area (Å²) in [4.78, 5) is 0. The third kappa shape index (κ3) is 3.43. The van der Waals surface area contributed by atoms with Gasteiger partial charge in [-0.2, -0.15) is 0 Å². The molecule has 1 fully saturated rings. The molecule has 3 N–H and O–H groups in total. The van der Waals surface area contributed by atoms with Crippen molar-refractivity contribution < 1.29 is 8.42 Å². The van der Waals surface area contributed by atoms with E-state index in [1.54, 1.807) is 0 Å². The number of nitrogens with two attached hydrogens (primary N) is 1. The van der Waals surface area contributed by atoms with Crippen molar-refractivity contribution in [2.75, 3.05) is 5.75 Å². The van der Waals surface area contributed by atoms with Crippen LogP contribution in [0.2, 0.25) is 0 Å². The Morgan fingerprint density at radius 3 is 2.53 bits per heavy atom. The van der Waals surface area contributed by atoms with Crippen molar-refractivity contribution in [1.82, 2.24) is 5.43 Å². The van der Waals surface area contributed by atoms with Gasteiger partial charge in [-0.25, -0.2) is 8.42 Å². The topological polar surface area (TPSA) is 72.2 Å². The number of hydrogen-bond acceptors (Lipinski definition) is 4. The Kier molecular flexibility index (Phi) is 4.55. The van der Waals surface area contributed by atoms with Crippen LogP contribution in [-0.2, 0) is 9.84 Å². The highest BCUT2D eigenvalue weighted by Gasteiger charge is 2.35. The minimum atomic E-state index is -2.92.